The summed E-state index contributed by atoms with van der Waals surface area (Å²) in [4.78, 5) is 184. The van der Waals surface area contributed by atoms with Crippen molar-refractivity contribution < 1.29 is 76.5 Å². The molecule has 0 unspecified atom stereocenters. The zero-order chi connectivity index (χ0) is 75.3. The molecule has 0 saturated carbocycles. The van der Waals surface area contributed by atoms with Gasteiger partial charge in [0, 0.05) is 121 Å². The third-order valence-electron chi connectivity index (χ3n) is 18.2. The number of aromatic nitrogens is 4. The number of aliphatic carboxylic acids is 1. The van der Waals surface area contributed by atoms with Gasteiger partial charge in [-0.3, -0.25) is 57.5 Å². The van der Waals surface area contributed by atoms with E-state index in [1.165, 1.54) is 115 Å². The van der Waals surface area contributed by atoms with Crippen molar-refractivity contribution in [2.45, 2.75) is 150 Å². The maximum absolute atomic E-state index is 15.2. The molecule has 7 aromatic rings. The van der Waals surface area contributed by atoms with Crippen molar-refractivity contribution in [2.75, 3.05) is 31.1 Å². The number of carboxylic acid groups (broad SMARTS) is 1. The number of imidazole rings is 1. The van der Waals surface area contributed by atoms with Gasteiger partial charge in [0.25, 0.3) is 0 Å². The molecule has 0 aliphatic carbocycles. The number of nitrogens with one attached hydrogen (secondary N) is 12. The van der Waals surface area contributed by atoms with Crippen LogP contribution in [0.5, 0.6) is 5.75 Å². The Hall–Kier alpha value is -10.8. The molecular weight excluding hydrogens is 1400 g/mol. The summed E-state index contributed by atoms with van der Waals surface area (Å²) in [6.45, 7) is 2.73. The molecule has 29 nitrogen and oxygen atoms in total. The van der Waals surface area contributed by atoms with Crippen LogP contribution < -0.4 is 53.6 Å². The van der Waals surface area contributed by atoms with Crippen molar-refractivity contribution >= 4 is 116 Å². The monoisotopic (exact) mass is 1490 g/mol. The Morgan fingerprint density at radius 3 is 1.87 bits per heavy atom. The number of carbonyl (C=O) groups is 12. The zero-order valence-corrected chi connectivity index (χ0v) is 59.3. The summed E-state index contributed by atoms with van der Waals surface area (Å²) in [7, 11) is 0. The second kappa shape index (κ2) is 37.0. The number of nitrogens with zero attached hydrogens (tertiary/aromatic N) is 2. The SMILES string of the molecule is CCC(=O)NCCCC[C@@H]1NC(=O)CCSCc2cccc(c2)CSC[C@@H](C(N)=O)NC(=O)[C@]2(C)CCCN2C(=O)[C@H](Cc2ccc(O)cc2)NC(=O)[C@H](Cc2cnc[nH]2)NC(=O)[C@H](CC(=O)O)NC(=O)[C@H](Cc2c[nH]c3ccc(F)cc23)NC(=O)[C@H](Cc2c[nH]c3ccc(F)cc23)NC(=O)CNC1=O. The number of carboxylic acids is 1. The van der Waals surface area contributed by atoms with E-state index < -0.39 is 150 Å². The van der Waals surface area contributed by atoms with Crippen LogP contribution >= 0.6 is 23.5 Å². The van der Waals surface area contributed by atoms with Crippen LogP contribution in [0.1, 0.15) is 98.7 Å². The summed E-state index contributed by atoms with van der Waals surface area (Å²) in [5.41, 5.74) is 8.11. The number of hydrogen-bond acceptors (Lipinski definition) is 16. The van der Waals surface area contributed by atoms with Crippen molar-refractivity contribution in [3.8, 4) is 5.75 Å². The molecular formula is C72H85F2N15O14S2. The van der Waals surface area contributed by atoms with Gasteiger partial charge >= 0.3 is 5.97 Å². The highest BCUT2D eigenvalue weighted by Gasteiger charge is 2.49. The third-order valence-corrected chi connectivity index (χ3v) is 20.3. The van der Waals surface area contributed by atoms with Crippen LogP contribution in [0.25, 0.3) is 21.8 Å². The average molecular weight is 1490 g/mol. The smallest absolute Gasteiger partial charge is 0.305 e. The van der Waals surface area contributed by atoms with Gasteiger partial charge in [-0.1, -0.05) is 43.3 Å². The number of benzene rings is 4. The number of aromatic hydroxyl groups is 1. The zero-order valence-electron chi connectivity index (χ0n) is 57.7. The molecule has 5 heterocycles. The second-order valence-corrected chi connectivity index (χ2v) is 28.1. The van der Waals surface area contributed by atoms with Crippen LogP contribution in [0.2, 0.25) is 0 Å². The molecule has 558 valence electrons. The Morgan fingerprint density at radius 1 is 0.667 bits per heavy atom. The van der Waals surface area contributed by atoms with Crippen LogP contribution in [0.3, 0.4) is 0 Å². The van der Waals surface area contributed by atoms with Gasteiger partial charge in [0.2, 0.25) is 65.0 Å². The molecule has 9 rings (SSSR count). The molecule has 33 heteroatoms. The maximum Gasteiger partial charge on any atom is 0.305 e. The normalized spacial score (nSPS) is 22.2. The van der Waals surface area contributed by atoms with Crippen LogP contribution in [0, 0.1) is 11.6 Å². The number of fused-ring (bicyclic) bond motifs is 5. The van der Waals surface area contributed by atoms with E-state index in [9.17, 15) is 53.0 Å². The van der Waals surface area contributed by atoms with Gasteiger partial charge < -0.3 is 83.6 Å². The average Bonchev–Trinajstić information content (AvgIpc) is 1.67. The summed E-state index contributed by atoms with van der Waals surface area (Å²) < 4.78 is 29.9. The van der Waals surface area contributed by atoms with Gasteiger partial charge in [0.05, 0.1) is 19.3 Å². The topological polar surface area (TPSA) is 443 Å². The minimum Gasteiger partial charge on any atom is -0.508 e. The molecule has 16 N–H and O–H groups in total. The highest BCUT2D eigenvalue weighted by molar-refractivity contribution is 7.98. The number of primary amides is 1. The van der Waals surface area contributed by atoms with Crippen LogP contribution in [-0.2, 0) is 94.7 Å². The molecule has 3 aromatic heterocycles. The first kappa shape index (κ1) is 78.3. The Labute approximate surface area is 610 Å². The molecule has 2 bridgehead atoms. The fraction of sp³-hybridized carbons (Fsp3) is 0.403. The number of phenolic OH excluding ortho intramolecular Hbond substituents is 1. The summed E-state index contributed by atoms with van der Waals surface area (Å²) >= 11 is 2.76. The highest BCUT2D eigenvalue weighted by atomic mass is 32.2. The third kappa shape index (κ3) is 22.1. The summed E-state index contributed by atoms with van der Waals surface area (Å²) in [6, 6.07) is 9.75. The lowest BCUT2D eigenvalue weighted by molar-refractivity contribution is -0.147. The number of carbonyl (C=O) groups excluding carboxylic acids is 11. The first-order valence-corrected chi connectivity index (χ1v) is 36.6. The Bertz CT molecular complexity index is 4310. The Kier molecular flexibility index (Phi) is 27.6. The van der Waals surface area contributed by atoms with Crippen molar-refractivity contribution in [3.05, 3.63) is 155 Å². The minimum atomic E-state index is -2.06. The van der Waals surface area contributed by atoms with E-state index in [2.05, 4.69) is 67.8 Å². The van der Waals surface area contributed by atoms with Gasteiger partial charge in [-0.25, -0.2) is 13.8 Å². The molecule has 105 heavy (non-hydrogen) atoms. The lowest BCUT2D eigenvalue weighted by Gasteiger charge is -2.37. The molecule has 8 atom stereocenters. The summed E-state index contributed by atoms with van der Waals surface area (Å²) in [6.07, 6.45) is 4.35. The number of amides is 11. The van der Waals surface area contributed by atoms with Gasteiger partial charge in [-0.05, 0) is 115 Å². The minimum absolute atomic E-state index is 0.00862. The largest absolute Gasteiger partial charge is 0.508 e. The van der Waals surface area contributed by atoms with E-state index in [-0.39, 0.29) is 85.7 Å². The van der Waals surface area contributed by atoms with Crippen molar-refractivity contribution in [2.24, 2.45) is 5.73 Å². The van der Waals surface area contributed by atoms with E-state index in [0.717, 1.165) is 17.2 Å². The quantitative estimate of drug-likeness (QED) is 0.0583. The summed E-state index contributed by atoms with van der Waals surface area (Å²) in [5, 5.41) is 44.9. The summed E-state index contributed by atoms with van der Waals surface area (Å²) in [5.74, 6) is -11.1. The van der Waals surface area contributed by atoms with E-state index in [1.54, 1.807) is 6.92 Å². The fourth-order valence-electron chi connectivity index (χ4n) is 12.5. The predicted molar refractivity (Wildman–Crippen MR) is 386 cm³/mol. The number of rotatable bonds is 17. The number of hydrogen-bond donors (Lipinski definition) is 15. The predicted octanol–water partition coefficient (Wildman–Crippen LogP) is 2.74. The molecule has 0 spiro atoms. The Morgan fingerprint density at radius 2 is 1.26 bits per heavy atom. The van der Waals surface area contributed by atoms with Crippen LogP contribution in [0.4, 0.5) is 8.78 Å². The van der Waals surface area contributed by atoms with Crippen LogP contribution in [-0.4, -0.2) is 185 Å². The first-order valence-electron chi connectivity index (χ1n) is 34.3. The van der Waals surface area contributed by atoms with Crippen molar-refractivity contribution in [1.82, 2.24) is 72.7 Å². The van der Waals surface area contributed by atoms with E-state index >= 15 is 23.6 Å². The van der Waals surface area contributed by atoms with Crippen molar-refractivity contribution in [3.63, 3.8) is 0 Å². The highest BCUT2D eigenvalue weighted by Crippen LogP contribution is 2.32. The van der Waals surface area contributed by atoms with E-state index in [0.29, 0.717) is 64.1 Å². The molecule has 1 saturated heterocycles. The number of unbranched alkanes of at least 4 members (excludes halogenated alkanes) is 1. The molecule has 2 aliphatic heterocycles. The number of halogens is 2. The van der Waals surface area contributed by atoms with E-state index in [1.807, 2.05) is 24.3 Å². The van der Waals surface area contributed by atoms with Gasteiger partial charge in [0.15, 0.2) is 0 Å². The van der Waals surface area contributed by atoms with E-state index in [4.69, 9.17) is 5.73 Å². The van der Waals surface area contributed by atoms with Gasteiger partial charge in [-0.2, -0.15) is 23.5 Å². The van der Waals surface area contributed by atoms with Crippen molar-refractivity contribution in [1.29, 1.82) is 0 Å². The molecule has 0 radical (unpaired) electrons. The molecule has 4 aromatic carbocycles. The maximum atomic E-state index is 15.2. The van der Waals surface area contributed by atoms with Gasteiger partial charge in [-0.15, -0.1) is 0 Å². The van der Waals surface area contributed by atoms with Crippen LogP contribution in [0.15, 0.2) is 110 Å². The number of thioether (sulfide) groups is 2. The molecule has 2 aliphatic rings. The number of H-pyrrole nitrogens is 3. The lowest BCUT2D eigenvalue weighted by Crippen LogP contribution is -2.63. The lowest BCUT2D eigenvalue weighted by atomic mass is 9.95. The fourth-order valence-corrected chi connectivity index (χ4v) is 14.4. The van der Waals surface area contributed by atoms with Gasteiger partial charge in [0.1, 0.15) is 65.2 Å². The Balaban J connectivity index is 1.06. The number of phenols is 1. The second-order valence-electron chi connectivity index (χ2n) is 26.0. The number of aromatic amines is 3. The first-order chi connectivity index (χ1) is 50.3. The number of nitrogens with two attached hydrogens (primary N) is 1. The molecule has 11 amide bonds. The standard InChI is InChI=1S/C72H85F2N15O14S2/c1-3-60(91)77-21-5-4-10-53-65(97)80-35-62(93)83-54(26-43-32-78-51-17-13-45(73)28-49(43)51)66(98)84-55(27-44-33-79-52-18-14-46(74)29-50(44)52)67(99)86-57(31-63(94)95)69(101)85-56(30-47-34-76-39-81-47)68(100)87-58(25-40-11-15-48(90)16-12-40)70(102)89-22-7-20-72(89,2)71(103)88-59(64(75)96)38-105-37-42-9-6-8-41(24-42)36-104-23-19-61(92)82-53/h6,8-9,11-18,24,28-29,32-34,39,53-59,78-79,90H,3-5,7,10,19-23,25-27,30-31,35-38H2,1-2H3,(H2,75,96)(H,76,81)(H,77,91)(H,80,97)(H,82,92)(H,83,93)(H,84,98)(H,85,101)(H,86,99)(H,87,100)(H,88,103)(H,94,95)/t53-,54-,55-,56-,57-,58-,59-,72-/m0/s1. The molecule has 1 fully saturated rings.